The molecule has 1 aromatic heterocycles. The van der Waals surface area contributed by atoms with Gasteiger partial charge in [0.15, 0.2) is 0 Å². The predicted molar refractivity (Wildman–Crippen MR) is 146 cm³/mol. The summed E-state index contributed by atoms with van der Waals surface area (Å²) in [6.07, 6.45) is 0.623. The van der Waals surface area contributed by atoms with Crippen molar-refractivity contribution in [1.82, 2.24) is 14.8 Å². The van der Waals surface area contributed by atoms with Crippen LogP contribution >= 0.6 is 0 Å². The highest BCUT2D eigenvalue weighted by Gasteiger charge is 2.39. The molecular formula is C31H31N3O5. The zero-order chi connectivity index (χ0) is 27.0. The van der Waals surface area contributed by atoms with Gasteiger partial charge in [0.25, 0.3) is 5.91 Å². The molecular weight excluding hydrogens is 494 g/mol. The zero-order valence-corrected chi connectivity index (χ0v) is 21.8. The minimum absolute atomic E-state index is 0.000275. The van der Waals surface area contributed by atoms with Crippen molar-refractivity contribution in [3.63, 3.8) is 0 Å². The summed E-state index contributed by atoms with van der Waals surface area (Å²) in [6.45, 7) is 1.35. The van der Waals surface area contributed by atoms with E-state index in [1.165, 1.54) is 0 Å². The highest BCUT2D eigenvalue weighted by molar-refractivity contribution is 6.00. The number of hydrogen-bond donors (Lipinski definition) is 2. The summed E-state index contributed by atoms with van der Waals surface area (Å²) < 4.78 is 10.5. The highest BCUT2D eigenvalue weighted by Crippen LogP contribution is 2.30. The van der Waals surface area contributed by atoms with Crippen molar-refractivity contribution in [2.24, 2.45) is 0 Å². The quantitative estimate of drug-likeness (QED) is 0.385. The molecule has 8 nitrogen and oxygen atoms in total. The SMILES string of the molecule is COc1ccc2[nH]c(C(=O)N3CC(=O)N(Cc4cccc(C5(O)COC5)c4)[C@@H](Cc4ccccc4)C3)cc2c1. The van der Waals surface area contributed by atoms with Crippen LogP contribution in [0.4, 0.5) is 0 Å². The Morgan fingerprint density at radius 3 is 2.59 bits per heavy atom. The number of piperazine rings is 1. The Balaban J connectivity index is 1.26. The molecule has 2 N–H and O–H groups in total. The van der Waals surface area contributed by atoms with E-state index >= 15 is 0 Å². The Bertz CT molecular complexity index is 1510. The summed E-state index contributed by atoms with van der Waals surface area (Å²) in [7, 11) is 1.61. The lowest BCUT2D eigenvalue weighted by Crippen LogP contribution is -2.58. The van der Waals surface area contributed by atoms with Gasteiger partial charge >= 0.3 is 0 Å². The van der Waals surface area contributed by atoms with E-state index < -0.39 is 5.60 Å². The van der Waals surface area contributed by atoms with Crippen LogP contribution < -0.4 is 4.74 Å². The Kier molecular flexibility index (Phi) is 6.58. The maximum absolute atomic E-state index is 13.6. The Labute approximate surface area is 226 Å². The van der Waals surface area contributed by atoms with Crippen molar-refractivity contribution >= 4 is 22.7 Å². The number of amides is 2. The van der Waals surface area contributed by atoms with Gasteiger partial charge in [0.05, 0.1) is 26.4 Å². The molecule has 8 heteroatoms. The molecule has 2 fully saturated rings. The van der Waals surface area contributed by atoms with Gasteiger partial charge in [-0.2, -0.15) is 0 Å². The molecule has 0 saturated carbocycles. The second-order valence-corrected chi connectivity index (χ2v) is 10.4. The lowest BCUT2D eigenvalue weighted by Gasteiger charge is -2.41. The number of nitrogens with one attached hydrogen (secondary N) is 1. The van der Waals surface area contributed by atoms with Crippen molar-refractivity contribution < 1.29 is 24.2 Å². The summed E-state index contributed by atoms with van der Waals surface area (Å²) in [6, 6.07) is 24.9. The summed E-state index contributed by atoms with van der Waals surface area (Å²) in [5, 5.41) is 11.6. The van der Waals surface area contributed by atoms with Gasteiger partial charge in [-0.15, -0.1) is 0 Å². The molecule has 200 valence electrons. The van der Waals surface area contributed by atoms with E-state index in [4.69, 9.17) is 9.47 Å². The number of carbonyl (C=O) groups excluding carboxylic acids is 2. The van der Waals surface area contributed by atoms with Crippen LogP contribution in [0.15, 0.2) is 78.9 Å². The average molecular weight is 526 g/mol. The standard InChI is InChI=1S/C31H31N3O5/c1-38-26-10-11-27-23(14-26)15-28(32-27)30(36)33-17-25(13-21-6-3-2-4-7-21)34(29(35)18-33)16-22-8-5-9-24(12-22)31(37)19-39-20-31/h2-12,14-15,25,32,37H,13,16-20H2,1H3/t25-/m0/s1. The smallest absolute Gasteiger partial charge is 0.270 e. The number of fused-ring (bicyclic) bond motifs is 1. The van der Waals surface area contributed by atoms with Crippen molar-refractivity contribution in [2.45, 2.75) is 24.6 Å². The minimum Gasteiger partial charge on any atom is -0.497 e. The zero-order valence-electron chi connectivity index (χ0n) is 21.8. The molecule has 2 aliphatic heterocycles. The normalized spacial score (nSPS) is 18.7. The van der Waals surface area contributed by atoms with Crippen LogP contribution in [0.1, 0.15) is 27.2 Å². The number of rotatable bonds is 7. The first-order valence-electron chi connectivity index (χ1n) is 13.1. The number of aromatic amines is 1. The lowest BCUT2D eigenvalue weighted by molar-refractivity contribution is -0.184. The number of aliphatic hydroxyl groups is 1. The number of methoxy groups -OCH3 is 1. The monoisotopic (exact) mass is 525 g/mol. The van der Waals surface area contributed by atoms with Crippen LogP contribution in [0.25, 0.3) is 10.9 Å². The number of nitrogens with zero attached hydrogens (tertiary/aromatic N) is 2. The molecule has 3 heterocycles. The average Bonchev–Trinajstić information content (AvgIpc) is 3.37. The fraction of sp³-hybridized carbons (Fsp3) is 0.290. The third-order valence-electron chi connectivity index (χ3n) is 7.68. The number of benzene rings is 3. The van der Waals surface area contributed by atoms with E-state index in [9.17, 15) is 14.7 Å². The van der Waals surface area contributed by atoms with E-state index in [1.807, 2.05) is 83.8 Å². The third-order valence-corrected chi connectivity index (χ3v) is 7.68. The molecule has 0 radical (unpaired) electrons. The molecule has 4 aromatic rings. The first-order chi connectivity index (χ1) is 18.9. The summed E-state index contributed by atoms with van der Waals surface area (Å²) in [4.78, 5) is 33.9. The van der Waals surface area contributed by atoms with E-state index in [2.05, 4.69) is 4.98 Å². The minimum atomic E-state index is -0.974. The molecule has 0 aliphatic carbocycles. The molecule has 1 atom stereocenters. The van der Waals surface area contributed by atoms with E-state index in [1.54, 1.807) is 12.0 Å². The van der Waals surface area contributed by atoms with Crippen molar-refractivity contribution in [3.8, 4) is 5.75 Å². The van der Waals surface area contributed by atoms with E-state index in [0.29, 0.717) is 31.0 Å². The number of carbonyl (C=O) groups is 2. The van der Waals surface area contributed by atoms with Crippen LogP contribution in [0.3, 0.4) is 0 Å². The first kappa shape index (κ1) is 25.2. The second kappa shape index (κ2) is 10.2. The van der Waals surface area contributed by atoms with E-state index in [-0.39, 0.29) is 37.6 Å². The fourth-order valence-corrected chi connectivity index (χ4v) is 5.45. The maximum Gasteiger partial charge on any atom is 0.270 e. The van der Waals surface area contributed by atoms with Gasteiger partial charge in [0.2, 0.25) is 5.91 Å². The molecule has 2 aliphatic rings. The molecule has 2 saturated heterocycles. The topological polar surface area (TPSA) is 95.1 Å². The Morgan fingerprint density at radius 1 is 1.05 bits per heavy atom. The third kappa shape index (κ3) is 5.01. The molecule has 0 unspecified atom stereocenters. The summed E-state index contributed by atoms with van der Waals surface area (Å²) in [5.74, 6) is 0.406. The lowest BCUT2D eigenvalue weighted by atomic mass is 9.90. The molecule has 6 rings (SSSR count). The van der Waals surface area contributed by atoms with Crippen molar-refractivity contribution in [3.05, 3.63) is 101 Å². The van der Waals surface area contributed by atoms with Gasteiger partial charge in [-0.05, 0) is 47.4 Å². The van der Waals surface area contributed by atoms with Gasteiger partial charge in [-0.25, -0.2) is 0 Å². The second-order valence-electron chi connectivity index (χ2n) is 10.4. The molecule has 2 amide bonds. The van der Waals surface area contributed by atoms with Gasteiger partial charge in [-0.3, -0.25) is 9.59 Å². The van der Waals surface area contributed by atoms with Crippen molar-refractivity contribution in [1.29, 1.82) is 0 Å². The van der Waals surface area contributed by atoms with Crippen LogP contribution in [0, 0.1) is 0 Å². The Hall–Kier alpha value is -4.14. The summed E-state index contributed by atoms with van der Waals surface area (Å²) >= 11 is 0. The molecule has 39 heavy (non-hydrogen) atoms. The van der Waals surface area contributed by atoms with Gasteiger partial charge in [0, 0.05) is 24.0 Å². The van der Waals surface area contributed by atoms with Crippen LogP contribution in [-0.4, -0.2) is 71.2 Å². The summed E-state index contributed by atoms with van der Waals surface area (Å²) in [5.41, 5.74) is 3.14. The first-order valence-corrected chi connectivity index (χ1v) is 13.1. The van der Waals surface area contributed by atoms with Crippen molar-refractivity contribution in [2.75, 3.05) is 33.4 Å². The molecule has 0 bridgehead atoms. The van der Waals surface area contributed by atoms with Gasteiger partial charge in [-0.1, -0.05) is 54.6 Å². The number of aromatic nitrogens is 1. The van der Waals surface area contributed by atoms with Crippen LogP contribution in [0.2, 0.25) is 0 Å². The highest BCUT2D eigenvalue weighted by atomic mass is 16.5. The predicted octanol–water partition coefficient (Wildman–Crippen LogP) is 3.49. The van der Waals surface area contributed by atoms with Crippen LogP contribution in [0.5, 0.6) is 5.75 Å². The molecule has 0 spiro atoms. The van der Waals surface area contributed by atoms with Gasteiger partial charge in [0.1, 0.15) is 23.6 Å². The largest absolute Gasteiger partial charge is 0.497 e. The van der Waals surface area contributed by atoms with Crippen LogP contribution in [-0.2, 0) is 28.1 Å². The van der Waals surface area contributed by atoms with Gasteiger partial charge < -0.3 is 29.4 Å². The molecule has 3 aromatic carbocycles. The number of ether oxygens (including phenoxy) is 2. The number of hydrogen-bond acceptors (Lipinski definition) is 5. The maximum atomic E-state index is 13.6. The van der Waals surface area contributed by atoms with E-state index in [0.717, 1.165) is 27.6 Å². The fourth-order valence-electron chi connectivity index (χ4n) is 5.45. The number of H-pyrrole nitrogens is 1. The Morgan fingerprint density at radius 2 is 1.85 bits per heavy atom.